The van der Waals surface area contributed by atoms with Crippen molar-refractivity contribution in [1.82, 2.24) is 29.8 Å². The van der Waals surface area contributed by atoms with Crippen LogP contribution >= 0.6 is 0 Å². The molecular formula is C15H17FN6O. The zero-order valence-corrected chi connectivity index (χ0v) is 13.1. The Bertz CT molecular complexity index is 783. The molecule has 0 spiro atoms. The average molecular weight is 316 g/mol. The summed E-state index contributed by atoms with van der Waals surface area (Å²) in [5.41, 5.74) is 1.09. The van der Waals surface area contributed by atoms with E-state index >= 15 is 0 Å². The number of benzene rings is 1. The number of halogens is 1. The van der Waals surface area contributed by atoms with Crippen LogP contribution in [0.3, 0.4) is 0 Å². The molecule has 120 valence electrons. The average Bonchev–Trinajstić information content (AvgIpc) is 3.19. The molecule has 8 heteroatoms. The maximum atomic E-state index is 14.3. The van der Waals surface area contributed by atoms with Crippen molar-refractivity contribution in [1.29, 1.82) is 0 Å². The highest BCUT2D eigenvalue weighted by Gasteiger charge is 2.17. The fourth-order valence-electron chi connectivity index (χ4n) is 2.05. The molecular weight excluding hydrogens is 299 g/mol. The largest absolute Gasteiger partial charge is 0.337 e. The van der Waals surface area contributed by atoms with E-state index in [2.05, 4.69) is 20.2 Å². The summed E-state index contributed by atoms with van der Waals surface area (Å²) in [6.45, 7) is 2.28. The van der Waals surface area contributed by atoms with Gasteiger partial charge in [-0.15, -0.1) is 0 Å². The van der Waals surface area contributed by atoms with Crippen LogP contribution in [0.25, 0.3) is 11.4 Å². The maximum absolute atomic E-state index is 14.3. The summed E-state index contributed by atoms with van der Waals surface area (Å²) in [4.78, 5) is 10.1. The summed E-state index contributed by atoms with van der Waals surface area (Å²) in [5.74, 6) is 0.530. The molecule has 1 aromatic carbocycles. The molecule has 7 nitrogen and oxygen atoms in total. The molecule has 0 radical (unpaired) electrons. The van der Waals surface area contributed by atoms with Gasteiger partial charge in [0.25, 0.3) is 0 Å². The van der Waals surface area contributed by atoms with E-state index in [9.17, 15) is 4.39 Å². The number of rotatable bonds is 5. The molecule has 2 aromatic heterocycles. The monoisotopic (exact) mass is 316 g/mol. The quantitative estimate of drug-likeness (QED) is 0.718. The van der Waals surface area contributed by atoms with Crippen LogP contribution in [-0.2, 0) is 6.54 Å². The smallest absolute Gasteiger partial charge is 0.244 e. The molecule has 0 aliphatic heterocycles. The van der Waals surface area contributed by atoms with E-state index in [1.807, 2.05) is 25.9 Å². The molecule has 0 amide bonds. The minimum absolute atomic E-state index is 0.00677. The van der Waals surface area contributed by atoms with Gasteiger partial charge in [0.15, 0.2) is 0 Å². The number of nitrogens with zero attached hydrogens (tertiary/aromatic N) is 6. The van der Waals surface area contributed by atoms with Gasteiger partial charge in [-0.2, -0.15) is 10.1 Å². The second-order valence-electron chi connectivity index (χ2n) is 5.50. The van der Waals surface area contributed by atoms with Gasteiger partial charge in [-0.25, -0.2) is 14.1 Å². The SMILES string of the molecule is C[C@H](c1nc(-c2ccc(Cn3cncn3)c(F)c2)no1)N(C)C. The lowest BCUT2D eigenvalue weighted by Gasteiger charge is -2.14. The Morgan fingerprint density at radius 2 is 2.17 bits per heavy atom. The van der Waals surface area contributed by atoms with E-state index in [1.54, 1.807) is 23.1 Å². The van der Waals surface area contributed by atoms with Crippen molar-refractivity contribution in [2.24, 2.45) is 0 Å². The van der Waals surface area contributed by atoms with Gasteiger partial charge in [0, 0.05) is 11.1 Å². The third-order valence-electron chi connectivity index (χ3n) is 3.68. The summed E-state index contributed by atoms with van der Waals surface area (Å²) >= 11 is 0. The molecule has 0 unspecified atom stereocenters. The summed E-state index contributed by atoms with van der Waals surface area (Å²) in [5, 5.41) is 7.90. The van der Waals surface area contributed by atoms with Crippen LogP contribution in [0.5, 0.6) is 0 Å². The van der Waals surface area contributed by atoms with Crippen molar-refractivity contribution < 1.29 is 8.91 Å². The van der Waals surface area contributed by atoms with E-state index in [-0.39, 0.29) is 11.9 Å². The topological polar surface area (TPSA) is 72.9 Å². The van der Waals surface area contributed by atoms with Crippen molar-refractivity contribution in [2.45, 2.75) is 19.5 Å². The highest BCUT2D eigenvalue weighted by molar-refractivity contribution is 5.55. The Morgan fingerprint density at radius 1 is 1.35 bits per heavy atom. The molecule has 3 aromatic rings. The number of aromatic nitrogens is 5. The Morgan fingerprint density at radius 3 is 2.83 bits per heavy atom. The molecule has 0 N–H and O–H groups in total. The first-order chi connectivity index (χ1) is 11.0. The van der Waals surface area contributed by atoms with Crippen LogP contribution in [0.15, 0.2) is 35.4 Å². The Labute approximate surface area is 132 Å². The zero-order valence-electron chi connectivity index (χ0n) is 13.1. The fourth-order valence-corrected chi connectivity index (χ4v) is 2.05. The molecule has 0 aliphatic carbocycles. The minimum Gasteiger partial charge on any atom is -0.337 e. The third-order valence-corrected chi connectivity index (χ3v) is 3.68. The predicted octanol–water partition coefficient (Wildman–Crippen LogP) is 2.14. The molecule has 0 fully saturated rings. The fraction of sp³-hybridized carbons (Fsp3) is 0.333. The van der Waals surface area contributed by atoms with E-state index in [0.29, 0.717) is 29.4 Å². The van der Waals surface area contributed by atoms with Gasteiger partial charge in [0.2, 0.25) is 11.7 Å². The molecule has 23 heavy (non-hydrogen) atoms. The summed E-state index contributed by atoms with van der Waals surface area (Å²) < 4.78 is 21.1. The van der Waals surface area contributed by atoms with Crippen LogP contribution in [0.4, 0.5) is 4.39 Å². The normalized spacial score (nSPS) is 12.7. The second kappa shape index (κ2) is 6.25. The first kappa shape index (κ1) is 15.3. The van der Waals surface area contributed by atoms with Crippen molar-refractivity contribution in [3.63, 3.8) is 0 Å². The van der Waals surface area contributed by atoms with Gasteiger partial charge in [0.1, 0.15) is 18.5 Å². The van der Waals surface area contributed by atoms with Gasteiger partial charge in [-0.3, -0.25) is 4.90 Å². The summed E-state index contributed by atoms with van der Waals surface area (Å²) in [7, 11) is 3.85. The molecule has 2 heterocycles. The molecule has 3 rings (SSSR count). The van der Waals surface area contributed by atoms with Gasteiger partial charge in [-0.1, -0.05) is 17.3 Å². The van der Waals surface area contributed by atoms with Crippen molar-refractivity contribution >= 4 is 0 Å². The predicted molar refractivity (Wildman–Crippen MR) is 80.9 cm³/mol. The number of hydrogen-bond acceptors (Lipinski definition) is 6. The Hall–Kier alpha value is -2.61. The molecule has 0 saturated carbocycles. The molecule has 0 aliphatic rings. The van der Waals surface area contributed by atoms with Crippen LogP contribution in [0.2, 0.25) is 0 Å². The van der Waals surface area contributed by atoms with Gasteiger partial charge < -0.3 is 4.52 Å². The van der Waals surface area contributed by atoms with E-state index < -0.39 is 0 Å². The summed E-state index contributed by atoms with van der Waals surface area (Å²) in [6.07, 6.45) is 2.96. The highest BCUT2D eigenvalue weighted by Crippen LogP contribution is 2.23. The summed E-state index contributed by atoms with van der Waals surface area (Å²) in [6, 6.07) is 4.86. The zero-order chi connectivity index (χ0) is 16.4. The molecule has 0 bridgehead atoms. The van der Waals surface area contributed by atoms with E-state index in [1.165, 1.54) is 12.4 Å². The van der Waals surface area contributed by atoms with Crippen molar-refractivity contribution in [3.05, 3.63) is 48.1 Å². The minimum atomic E-state index is -0.343. The molecule has 0 saturated heterocycles. The number of hydrogen-bond donors (Lipinski definition) is 0. The third kappa shape index (κ3) is 3.26. The Balaban J connectivity index is 1.83. The van der Waals surface area contributed by atoms with Crippen LogP contribution < -0.4 is 0 Å². The van der Waals surface area contributed by atoms with E-state index in [0.717, 1.165) is 0 Å². The second-order valence-corrected chi connectivity index (χ2v) is 5.50. The van der Waals surface area contributed by atoms with Crippen LogP contribution in [0.1, 0.15) is 24.4 Å². The molecule has 1 atom stereocenters. The van der Waals surface area contributed by atoms with Crippen LogP contribution in [0, 0.1) is 5.82 Å². The van der Waals surface area contributed by atoms with Crippen molar-refractivity contribution in [2.75, 3.05) is 14.1 Å². The van der Waals surface area contributed by atoms with Crippen LogP contribution in [-0.4, -0.2) is 43.9 Å². The highest BCUT2D eigenvalue weighted by atomic mass is 19.1. The van der Waals surface area contributed by atoms with Gasteiger partial charge in [0.05, 0.1) is 12.6 Å². The van der Waals surface area contributed by atoms with Crippen molar-refractivity contribution in [3.8, 4) is 11.4 Å². The maximum Gasteiger partial charge on any atom is 0.244 e. The van der Waals surface area contributed by atoms with Gasteiger partial charge >= 0.3 is 0 Å². The first-order valence-electron chi connectivity index (χ1n) is 7.16. The van der Waals surface area contributed by atoms with E-state index in [4.69, 9.17) is 4.52 Å². The lowest BCUT2D eigenvalue weighted by atomic mass is 10.1. The lowest BCUT2D eigenvalue weighted by Crippen LogP contribution is -2.16. The Kier molecular flexibility index (Phi) is 4.16. The lowest BCUT2D eigenvalue weighted by molar-refractivity contribution is 0.245. The standard InChI is InChI=1S/C15H17FN6O/c1-10(21(2)3)15-19-14(20-23-15)11-4-5-12(13(16)6-11)7-22-9-17-8-18-22/h4-6,8-10H,7H2,1-3H3/t10-/m1/s1. The van der Waals surface area contributed by atoms with Gasteiger partial charge in [-0.05, 0) is 27.1 Å². The first-order valence-corrected chi connectivity index (χ1v) is 7.16.